The van der Waals surface area contributed by atoms with Crippen LogP contribution >= 0.6 is 23.5 Å². The number of hydrogen-bond acceptors (Lipinski definition) is 8. The number of carbonyl (C=O) groups excluding carboxylic acids is 3. The molecule has 3 amide bonds. The maximum absolute atomic E-state index is 13.1. The minimum atomic E-state index is -1.12. The molecule has 0 aliphatic rings. The monoisotopic (exact) mass is 521 g/mol. The Bertz CT molecular complexity index is 641. The molecule has 0 aromatic carbocycles. The number of amides is 3. The molecule has 0 aromatic rings. The highest BCUT2D eigenvalue weighted by atomic mass is 32.2. The van der Waals surface area contributed by atoms with E-state index in [0.29, 0.717) is 43.7 Å². The van der Waals surface area contributed by atoms with Gasteiger partial charge in [-0.2, -0.15) is 23.5 Å². The van der Waals surface area contributed by atoms with Gasteiger partial charge in [-0.15, -0.1) is 0 Å². The molecule has 0 aromatic heterocycles. The van der Waals surface area contributed by atoms with Crippen molar-refractivity contribution in [3.8, 4) is 0 Å². The fraction of sp³-hybridized carbons (Fsp3) is 0.818. The molecule has 0 saturated heterocycles. The number of thioether (sulfide) groups is 2. The number of nitrogens with two attached hydrogens (primary N) is 2. The summed E-state index contributed by atoms with van der Waals surface area (Å²) in [4.78, 5) is 50.1. The van der Waals surface area contributed by atoms with Crippen molar-refractivity contribution >= 4 is 47.2 Å². The van der Waals surface area contributed by atoms with Crippen LogP contribution in [0.15, 0.2) is 0 Å². The highest BCUT2D eigenvalue weighted by molar-refractivity contribution is 7.98. The number of hydrogen-bond donors (Lipinski definition) is 6. The van der Waals surface area contributed by atoms with Crippen molar-refractivity contribution < 1.29 is 24.3 Å². The van der Waals surface area contributed by atoms with E-state index in [4.69, 9.17) is 11.5 Å². The van der Waals surface area contributed by atoms with E-state index in [1.54, 1.807) is 0 Å². The second-order valence-corrected chi connectivity index (χ2v) is 10.3. The normalized spacial score (nSPS) is 15.5. The standard InChI is InChI=1S/C22H43N5O5S2/c1-5-14(2)18(27-19(28)15(24)8-6-7-11-23)21(30)25-16(9-12-33-3)20(29)26-17(22(31)32)10-13-34-4/h14-18H,5-13,23-24H2,1-4H3,(H,25,30)(H,26,29)(H,27,28)(H,31,32). The van der Waals surface area contributed by atoms with E-state index in [1.165, 1.54) is 23.5 Å². The Labute approximate surface area is 211 Å². The van der Waals surface area contributed by atoms with Gasteiger partial charge in [0.2, 0.25) is 17.7 Å². The van der Waals surface area contributed by atoms with Crippen molar-refractivity contribution in [3.05, 3.63) is 0 Å². The van der Waals surface area contributed by atoms with E-state index in [1.807, 2.05) is 26.4 Å². The first-order valence-corrected chi connectivity index (χ1v) is 14.5. The SMILES string of the molecule is CCC(C)C(NC(=O)C(N)CCCCN)C(=O)NC(CCSC)C(=O)NC(CCSC)C(=O)O. The van der Waals surface area contributed by atoms with Gasteiger partial charge < -0.3 is 32.5 Å². The van der Waals surface area contributed by atoms with E-state index in [2.05, 4.69) is 16.0 Å². The molecule has 0 rings (SSSR count). The molecule has 10 nitrogen and oxygen atoms in total. The fourth-order valence-electron chi connectivity index (χ4n) is 3.13. The Hall–Kier alpha value is -1.50. The van der Waals surface area contributed by atoms with Crippen LogP contribution in [0.3, 0.4) is 0 Å². The topological polar surface area (TPSA) is 177 Å². The summed E-state index contributed by atoms with van der Waals surface area (Å²) >= 11 is 3.00. The van der Waals surface area contributed by atoms with Gasteiger partial charge in [0, 0.05) is 0 Å². The molecule has 0 bridgehead atoms. The number of nitrogens with one attached hydrogen (secondary N) is 3. The lowest BCUT2D eigenvalue weighted by Gasteiger charge is -2.28. The molecular weight excluding hydrogens is 478 g/mol. The summed E-state index contributed by atoms with van der Waals surface area (Å²) < 4.78 is 0. The molecule has 0 saturated carbocycles. The van der Waals surface area contributed by atoms with Crippen LogP contribution in [-0.2, 0) is 19.2 Å². The number of carboxylic acids is 1. The summed E-state index contributed by atoms with van der Waals surface area (Å²) in [6.45, 7) is 4.26. The van der Waals surface area contributed by atoms with Crippen LogP contribution in [0.2, 0.25) is 0 Å². The van der Waals surface area contributed by atoms with Crippen LogP contribution in [0, 0.1) is 5.92 Å². The van der Waals surface area contributed by atoms with Crippen molar-refractivity contribution in [2.24, 2.45) is 17.4 Å². The van der Waals surface area contributed by atoms with Crippen molar-refractivity contribution in [3.63, 3.8) is 0 Å². The van der Waals surface area contributed by atoms with E-state index >= 15 is 0 Å². The maximum atomic E-state index is 13.1. The first kappa shape index (κ1) is 32.5. The smallest absolute Gasteiger partial charge is 0.326 e. The molecule has 0 aliphatic heterocycles. The maximum Gasteiger partial charge on any atom is 0.326 e. The molecule has 0 fully saturated rings. The van der Waals surface area contributed by atoms with Crippen LogP contribution in [0.1, 0.15) is 52.4 Å². The van der Waals surface area contributed by atoms with Crippen LogP contribution in [0.25, 0.3) is 0 Å². The number of aliphatic carboxylic acids is 1. The summed E-state index contributed by atoms with van der Waals surface area (Å²) in [7, 11) is 0. The van der Waals surface area contributed by atoms with Gasteiger partial charge in [0.25, 0.3) is 0 Å². The average Bonchev–Trinajstić information content (AvgIpc) is 2.81. The van der Waals surface area contributed by atoms with Gasteiger partial charge in [0.1, 0.15) is 18.1 Å². The largest absolute Gasteiger partial charge is 0.480 e. The molecule has 0 radical (unpaired) electrons. The third-order valence-corrected chi connectivity index (χ3v) is 6.86. The Morgan fingerprint density at radius 3 is 1.91 bits per heavy atom. The van der Waals surface area contributed by atoms with Crippen molar-refractivity contribution in [1.82, 2.24) is 16.0 Å². The van der Waals surface area contributed by atoms with Gasteiger partial charge in [-0.05, 0) is 62.2 Å². The first-order chi connectivity index (χ1) is 16.1. The van der Waals surface area contributed by atoms with E-state index in [0.717, 1.165) is 6.42 Å². The molecule has 12 heteroatoms. The molecule has 198 valence electrons. The molecule has 34 heavy (non-hydrogen) atoms. The van der Waals surface area contributed by atoms with Crippen molar-refractivity contribution in [2.75, 3.05) is 30.6 Å². The Kier molecular flexibility index (Phi) is 18.0. The fourth-order valence-corrected chi connectivity index (χ4v) is 4.08. The van der Waals surface area contributed by atoms with Crippen LogP contribution in [-0.4, -0.2) is 83.5 Å². The molecule has 0 heterocycles. The Morgan fingerprint density at radius 2 is 1.41 bits per heavy atom. The van der Waals surface area contributed by atoms with Gasteiger partial charge in [0.15, 0.2) is 0 Å². The number of rotatable bonds is 19. The predicted octanol–water partition coefficient (Wildman–Crippen LogP) is 0.534. The molecule has 5 unspecified atom stereocenters. The zero-order valence-corrected chi connectivity index (χ0v) is 22.4. The zero-order chi connectivity index (χ0) is 26.1. The minimum Gasteiger partial charge on any atom is -0.480 e. The second-order valence-electron chi connectivity index (χ2n) is 8.29. The van der Waals surface area contributed by atoms with Gasteiger partial charge in [-0.1, -0.05) is 26.7 Å². The first-order valence-electron chi connectivity index (χ1n) is 11.7. The zero-order valence-electron chi connectivity index (χ0n) is 20.8. The second kappa shape index (κ2) is 18.8. The quantitative estimate of drug-likeness (QED) is 0.132. The summed E-state index contributed by atoms with van der Waals surface area (Å²) in [6, 6.07) is -3.58. The van der Waals surface area contributed by atoms with E-state index < -0.39 is 47.9 Å². The number of carbonyl (C=O) groups is 4. The summed E-state index contributed by atoms with van der Waals surface area (Å²) in [5.74, 6) is -1.62. The Balaban J connectivity index is 5.39. The van der Waals surface area contributed by atoms with Gasteiger partial charge >= 0.3 is 5.97 Å². The number of unbranched alkanes of at least 4 members (excludes halogenated alkanes) is 1. The molecule has 0 aliphatic carbocycles. The predicted molar refractivity (Wildman–Crippen MR) is 140 cm³/mol. The summed E-state index contributed by atoms with van der Waals surface area (Å²) in [5, 5.41) is 17.4. The lowest BCUT2D eigenvalue weighted by atomic mass is 9.97. The van der Waals surface area contributed by atoms with Gasteiger partial charge in [-0.25, -0.2) is 4.79 Å². The highest BCUT2D eigenvalue weighted by Crippen LogP contribution is 2.11. The molecule has 5 atom stereocenters. The van der Waals surface area contributed by atoms with Crippen molar-refractivity contribution in [2.45, 2.75) is 76.5 Å². The van der Waals surface area contributed by atoms with Crippen LogP contribution < -0.4 is 27.4 Å². The molecule has 0 spiro atoms. The summed E-state index contributed by atoms with van der Waals surface area (Å²) in [6.07, 6.45) is 6.90. The summed E-state index contributed by atoms with van der Waals surface area (Å²) in [5.41, 5.74) is 11.5. The van der Waals surface area contributed by atoms with E-state index in [-0.39, 0.29) is 12.3 Å². The molecule has 8 N–H and O–H groups in total. The van der Waals surface area contributed by atoms with E-state index in [9.17, 15) is 24.3 Å². The lowest BCUT2D eigenvalue weighted by molar-refractivity contribution is -0.142. The lowest BCUT2D eigenvalue weighted by Crippen LogP contribution is -2.58. The van der Waals surface area contributed by atoms with Crippen LogP contribution in [0.5, 0.6) is 0 Å². The third kappa shape index (κ3) is 12.8. The highest BCUT2D eigenvalue weighted by Gasteiger charge is 2.32. The average molecular weight is 522 g/mol. The van der Waals surface area contributed by atoms with Gasteiger partial charge in [0.05, 0.1) is 6.04 Å². The third-order valence-electron chi connectivity index (χ3n) is 5.57. The number of carboxylic acid groups (broad SMARTS) is 1. The Morgan fingerprint density at radius 1 is 0.853 bits per heavy atom. The minimum absolute atomic E-state index is 0.196. The van der Waals surface area contributed by atoms with Crippen LogP contribution in [0.4, 0.5) is 0 Å². The van der Waals surface area contributed by atoms with Gasteiger partial charge in [-0.3, -0.25) is 14.4 Å². The van der Waals surface area contributed by atoms with Crippen molar-refractivity contribution in [1.29, 1.82) is 0 Å². The molecular formula is C22H43N5O5S2.